The van der Waals surface area contributed by atoms with Gasteiger partial charge in [-0.05, 0) is 55.3 Å². The van der Waals surface area contributed by atoms with Gasteiger partial charge in [0.2, 0.25) is 15.9 Å². The quantitative estimate of drug-likeness (QED) is 0.680. The summed E-state index contributed by atoms with van der Waals surface area (Å²) in [6, 6.07) is 13.0. The third kappa shape index (κ3) is 6.43. The Hall–Kier alpha value is -2.13. The number of sulfonamides is 1. The number of carbonyl (C=O) groups is 1. The first-order valence-electron chi connectivity index (χ1n) is 10.2. The van der Waals surface area contributed by atoms with Crippen LogP contribution in [0, 0.1) is 0 Å². The number of carbonyl (C=O) groups excluding carboxylic acids is 1. The monoisotopic (exact) mass is 465 g/mol. The van der Waals surface area contributed by atoms with Crippen LogP contribution in [-0.2, 0) is 21.4 Å². The van der Waals surface area contributed by atoms with Gasteiger partial charge in [0.25, 0.3) is 0 Å². The van der Waals surface area contributed by atoms with Crippen LogP contribution >= 0.6 is 11.6 Å². The Labute approximate surface area is 189 Å². The Kier molecular flexibility index (Phi) is 7.94. The van der Waals surface area contributed by atoms with Crippen LogP contribution in [0.2, 0.25) is 5.02 Å². The van der Waals surface area contributed by atoms with E-state index in [9.17, 15) is 13.2 Å². The highest BCUT2D eigenvalue weighted by atomic mass is 35.5. The largest absolute Gasteiger partial charge is 0.497 e. The molecule has 0 bridgehead atoms. The lowest BCUT2D eigenvalue weighted by Crippen LogP contribution is -2.47. The first kappa shape index (κ1) is 23.5. The van der Waals surface area contributed by atoms with Crippen molar-refractivity contribution in [1.82, 2.24) is 14.5 Å². The van der Waals surface area contributed by atoms with Crippen LogP contribution < -0.4 is 9.46 Å². The van der Waals surface area contributed by atoms with Gasteiger partial charge in [-0.3, -0.25) is 9.69 Å². The smallest absolute Gasteiger partial charge is 0.241 e. The number of amides is 1. The first-order valence-corrected chi connectivity index (χ1v) is 12.1. The standard InChI is InChI=1S/C22H28ClN3O4S/c1-17(24-31(28,29)21-10-6-19(23)7-11-21)22(27)26-13-3-12-25(14-15-26)16-18-4-8-20(30-2)9-5-18/h4-11,17,24H,3,12-16H2,1-2H3/t17-/m0/s1. The molecule has 2 aromatic carbocycles. The van der Waals surface area contributed by atoms with Crippen LogP contribution in [0.15, 0.2) is 53.4 Å². The fourth-order valence-electron chi connectivity index (χ4n) is 3.58. The molecule has 168 valence electrons. The van der Waals surface area contributed by atoms with Crippen LogP contribution in [0.5, 0.6) is 5.75 Å². The molecule has 1 N–H and O–H groups in total. The molecule has 0 spiro atoms. The molecule has 0 aromatic heterocycles. The number of halogens is 1. The number of rotatable bonds is 7. The molecule has 1 saturated heterocycles. The summed E-state index contributed by atoms with van der Waals surface area (Å²) in [5.41, 5.74) is 1.18. The SMILES string of the molecule is COc1ccc(CN2CCCN(C(=O)[C@H](C)NS(=O)(=O)c3ccc(Cl)cc3)CC2)cc1. The fraction of sp³-hybridized carbons (Fsp3) is 0.409. The van der Waals surface area contributed by atoms with Gasteiger partial charge in [-0.1, -0.05) is 23.7 Å². The van der Waals surface area contributed by atoms with E-state index in [0.29, 0.717) is 18.1 Å². The summed E-state index contributed by atoms with van der Waals surface area (Å²) in [5.74, 6) is 0.607. The molecule has 3 rings (SSSR count). The van der Waals surface area contributed by atoms with Crippen molar-refractivity contribution in [2.24, 2.45) is 0 Å². The molecule has 0 aliphatic carbocycles. The van der Waals surface area contributed by atoms with Crippen molar-refractivity contribution < 1.29 is 17.9 Å². The Bertz CT molecular complexity index is 981. The summed E-state index contributed by atoms with van der Waals surface area (Å²) < 4.78 is 32.8. The van der Waals surface area contributed by atoms with Crippen molar-refractivity contribution in [2.45, 2.75) is 30.8 Å². The van der Waals surface area contributed by atoms with Gasteiger partial charge in [-0.25, -0.2) is 8.42 Å². The van der Waals surface area contributed by atoms with Crippen LogP contribution in [0.4, 0.5) is 0 Å². The molecule has 7 nitrogen and oxygen atoms in total. The molecule has 1 fully saturated rings. The minimum Gasteiger partial charge on any atom is -0.497 e. The number of methoxy groups -OCH3 is 1. The normalized spacial score (nSPS) is 16.5. The summed E-state index contributed by atoms with van der Waals surface area (Å²) in [4.78, 5) is 17.0. The third-order valence-electron chi connectivity index (χ3n) is 5.29. The summed E-state index contributed by atoms with van der Waals surface area (Å²) >= 11 is 5.83. The van der Waals surface area contributed by atoms with Gasteiger partial charge in [0.15, 0.2) is 0 Å². The van der Waals surface area contributed by atoms with Crippen LogP contribution in [-0.4, -0.2) is 63.5 Å². The zero-order chi connectivity index (χ0) is 22.4. The van der Waals surface area contributed by atoms with E-state index in [-0.39, 0.29) is 10.8 Å². The lowest BCUT2D eigenvalue weighted by atomic mass is 10.2. The Morgan fingerprint density at radius 1 is 1.06 bits per heavy atom. The fourth-order valence-corrected chi connectivity index (χ4v) is 4.90. The molecule has 1 amide bonds. The zero-order valence-corrected chi connectivity index (χ0v) is 19.3. The molecule has 0 saturated carbocycles. The predicted octanol–water partition coefficient (Wildman–Crippen LogP) is 2.75. The highest BCUT2D eigenvalue weighted by Gasteiger charge is 2.27. The minimum absolute atomic E-state index is 0.0816. The van der Waals surface area contributed by atoms with E-state index < -0.39 is 16.1 Å². The van der Waals surface area contributed by atoms with Crippen LogP contribution in [0.1, 0.15) is 18.9 Å². The van der Waals surface area contributed by atoms with Gasteiger partial charge in [-0.15, -0.1) is 0 Å². The predicted molar refractivity (Wildman–Crippen MR) is 121 cm³/mol. The van der Waals surface area contributed by atoms with E-state index >= 15 is 0 Å². The van der Waals surface area contributed by atoms with E-state index in [1.807, 2.05) is 24.3 Å². The number of hydrogen-bond donors (Lipinski definition) is 1. The van der Waals surface area contributed by atoms with Gasteiger partial charge in [0, 0.05) is 37.7 Å². The second-order valence-corrected chi connectivity index (χ2v) is 9.75. The molecular formula is C22H28ClN3O4S. The maximum absolute atomic E-state index is 12.9. The van der Waals surface area contributed by atoms with E-state index in [1.54, 1.807) is 18.9 Å². The maximum atomic E-state index is 12.9. The average molecular weight is 466 g/mol. The molecule has 0 unspecified atom stereocenters. The average Bonchev–Trinajstić information content (AvgIpc) is 2.99. The molecular weight excluding hydrogens is 438 g/mol. The topological polar surface area (TPSA) is 79.0 Å². The van der Waals surface area contributed by atoms with Crippen LogP contribution in [0.3, 0.4) is 0 Å². The molecule has 1 aliphatic heterocycles. The summed E-state index contributed by atoms with van der Waals surface area (Å²) in [5, 5.41) is 0.451. The van der Waals surface area contributed by atoms with Crippen molar-refractivity contribution in [1.29, 1.82) is 0 Å². The van der Waals surface area contributed by atoms with E-state index in [2.05, 4.69) is 9.62 Å². The van der Waals surface area contributed by atoms with Crippen molar-refractivity contribution >= 4 is 27.5 Å². The first-order chi connectivity index (χ1) is 14.8. The second kappa shape index (κ2) is 10.5. The van der Waals surface area contributed by atoms with Gasteiger partial charge in [-0.2, -0.15) is 4.72 Å². The lowest BCUT2D eigenvalue weighted by Gasteiger charge is -2.25. The highest BCUT2D eigenvalue weighted by molar-refractivity contribution is 7.89. The molecule has 9 heteroatoms. The second-order valence-electron chi connectivity index (χ2n) is 7.60. The van der Waals surface area contributed by atoms with Gasteiger partial charge in [0.05, 0.1) is 18.0 Å². The summed E-state index contributed by atoms with van der Waals surface area (Å²) in [6.45, 7) is 5.14. The van der Waals surface area contributed by atoms with Crippen LogP contribution in [0.25, 0.3) is 0 Å². The van der Waals surface area contributed by atoms with Crippen molar-refractivity contribution in [3.63, 3.8) is 0 Å². The van der Waals surface area contributed by atoms with Gasteiger partial charge < -0.3 is 9.64 Å². The Balaban J connectivity index is 1.56. The Morgan fingerprint density at radius 3 is 2.39 bits per heavy atom. The number of nitrogens with zero attached hydrogens (tertiary/aromatic N) is 2. The molecule has 31 heavy (non-hydrogen) atoms. The third-order valence-corrected chi connectivity index (χ3v) is 7.10. The molecule has 1 aliphatic rings. The molecule has 2 aromatic rings. The van der Waals surface area contributed by atoms with E-state index in [0.717, 1.165) is 31.8 Å². The van der Waals surface area contributed by atoms with E-state index in [1.165, 1.54) is 29.8 Å². The van der Waals surface area contributed by atoms with Gasteiger partial charge >= 0.3 is 0 Å². The highest BCUT2D eigenvalue weighted by Crippen LogP contribution is 2.16. The van der Waals surface area contributed by atoms with Crippen molar-refractivity contribution in [3.8, 4) is 5.75 Å². The van der Waals surface area contributed by atoms with Gasteiger partial charge in [0.1, 0.15) is 5.75 Å². The molecule has 1 heterocycles. The number of benzene rings is 2. The number of nitrogens with one attached hydrogen (secondary N) is 1. The molecule has 0 radical (unpaired) electrons. The Morgan fingerprint density at radius 2 is 1.74 bits per heavy atom. The van der Waals surface area contributed by atoms with Crippen molar-refractivity contribution in [3.05, 3.63) is 59.1 Å². The lowest BCUT2D eigenvalue weighted by molar-refractivity contribution is -0.132. The number of ether oxygens (including phenoxy) is 1. The summed E-state index contributed by atoms with van der Waals surface area (Å²) in [6.07, 6.45) is 0.832. The number of hydrogen-bond acceptors (Lipinski definition) is 5. The van der Waals surface area contributed by atoms with Crippen molar-refractivity contribution in [2.75, 3.05) is 33.3 Å². The minimum atomic E-state index is -3.80. The van der Waals surface area contributed by atoms with E-state index in [4.69, 9.17) is 16.3 Å². The molecule has 1 atom stereocenters. The summed E-state index contributed by atoms with van der Waals surface area (Å²) in [7, 11) is -2.16. The zero-order valence-electron chi connectivity index (χ0n) is 17.8. The maximum Gasteiger partial charge on any atom is 0.241 e.